The normalized spacial score (nSPS) is 14.4. The van der Waals surface area contributed by atoms with E-state index in [1.165, 1.54) is 0 Å². The van der Waals surface area contributed by atoms with E-state index >= 15 is 0 Å². The van der Waals surface area contributed by atoms with Crippen molar-refractivity contribution in [2.75, 3.05) is 0 Å². The lowest BCUT2D eigenvalue weighted by atomic mass is 10.1. The molecule has 1 N–H and O–H groups in total. The molecule has 1 amide bonds. The molecule has 15 heavy (non-hydrogen) atoms. The Morgan fingerprint density at radius 3 is 2.27 bits per heavy atom. The maximum Gasteiger partial charge on any atom is 0.233 e. The van der Waals surface area contributed by atoms with Gasteiger partial charge >= 0.3 is 0 Å². The zero-order chi connectivity index (χ0) is 11.4. The summed E-state index contributed by atoms with van der Waals surface area (Å²) in [6.45, 7) is 3.78. The first-order valence-electron chi connectivity index (χ1n) is 4.70. The quantitative estimate of drug-likeness (QED) is 0.843. The highest BCUT2D eigenvalue weighted by Crippen LogP contribution is 2.16. The molecular weight excluding hydrogens is 322 g/mol. The van der Waals surface area contributed by atoms with Crippen molar-refractivity contribution >= 4 is 37.8 Å². The molecule has 0 bridgehead atoms. The summed E-state index contributed by atoms with van der Waals surface area (Å²) in [4.78, 5) is 11.3. The van der Waals surface area contributed by atoms with Crippen LogP contribution < -0.4 is 5.32 Å². The lowest BCUT2D eigenvalue weighted by Gasteiger charge is -2.15. The molecule has 4 heteroatoms. The van der Waals surface area contributed by atoms with Crippen LogP contribution in [0.3, 0.4) is 0 Å². The number of carbonyl (C=O) groups is 1. The monoisotopic (exact) mass is 333 g/mol. The van der Waals surface area contributed by atoms with Crippen molar-refractivity contribution in [2.45, 2.75) is 24.7 Å². The van der Waals surface area contributed by atoms with Crippen LogP contribution in [0.1, 0.15) is 25.5 Å². The summed E-state index contributed by atoms with van der Waals surface area (Å²) in [6, 6.07) is 7.96. The van der Waals surface area contributed by atoms with E-state index in [1.807, 2.05) is 38.1 Å². The van der Waals surface area contributed by atoms with Crippen molar-refractivity contribution in [1.82, 2.24) is 5.32 Å². The van der Waals surface area contributed by atoms with Gasteiger partial charge in [-0.25, -0.2) is 0 Å². The molecule has 0 saturated heterocycles. The largest absolute Gasteiger partial charge is 0.349 e. The van der Waals surface area contributed by atoms with Crippen LogP contribution in [0.15, 0.2) is 28.7 Å². The fraction of sp³-hybridized carbons (Fsp3) is 0.364. The number of halogens is 2. The number of hydrogen-bond donors (Lipinski definition) is 1. The molecular formula is C11H13Br2NO. The number of amides is 1. The molecule has 1 unspecified atom stereocenters. The molecule has 1 aromatic carbocycles. The lowest BCUT2D eigenvalue weighted by Crippen LogP contribution is -2.31. The Kier molecular flexibility index (Phi) is 4.80. The van der Waals surface area contributed by atoms with Gasteiger partial charge in [-0.2, -0.15) is 0 Å². The highest BCUT2D eigenvalue weighted by molar-refractivity contribution is 9.10. The van der Waals surface area contributed by atoms with Gasteiger partial charge in [0.15, 0.2) is 0 Å². The molecule has 0 aromatic heterocycles. The summed E-state index contributed by atoms with van der Waals surface area (Å²) in [5.74, 6) is 0.00502. The molecule has 0 aliphatic heterocycles. The molecule has 0 aliphatic carbocycles. The van der Waals surface area contributed by atoms with E-state index in [0.29, 0.717) is 0 Å². The number of rotatable bonds is 3. The summed E-state index contributed by atoms with van der Waals surface area (Å²) < 4.78 is 1.04. The van der Waals surface area contributed by atoms with Crippen molar-refractivity contribution in [3.05, 3.63) is 34.3 Å². The number of alkyl halides is 1. The Morgan fingerprint density at radius 1 is 1.27 bits per heavy atom. The van der Waals surface area contributed by atoms with E-state index in [1.54, 1.807) is 0 Å². The van der Waals surface area contributed by atoms with Crippen LogP contribution in [-0.2, 0) is 4.79 Å². The van der Waals surface area contributed by atoms with Crippen molar-refractivity contribution < 1.29 is 4.79 Å². The van der Waals surface area contributed by atoms with E-state index in [0.717, 1.165) is 10.0 Å². The molecule has 0 saturated carbocycles. The Hall–Kier alpha value is -0.350. The van der Waals surface area contributed by atoms with Crippen molar-refractivity contribution in [3.8, 4) is 0 Å². The third kappa shape index (κ3) is 3.95. The van der Waals surface area contributed by atoms with Crippen LogP contribution in [0.4, 0.5) is 0 Å². The number of nitrogens with one attached hydrogen (secondary N) is 1. The Morgan fingerprint density at radius 2 is 1.80 bits per heavy atom. The van der Waals surface area contributed by atoms with Crippen molar-refractivity contribution in [1.29, 1.82) is 0 Å². The minimum Gasteiger partial charge on any atom is -0.349 e. The third-order valence-electron chi connectivity index (χ3n) is 2.09. The van der Waals surface area contributed by atoms with Gasteiger partial charge < -0.3 is 5.32 Å². The first-order chi connectivity index (χ1) is 7.00. The van der Waals surface area contributed by atoms with E-state index in [-0.39, 0.29) is 16.8 Å². The highest BCUT2D eigenvalue weighted by Gasteiger charge is 2.12. The third-order valence-corrected chi connectivity index (χ3v) is 3.03. The van der Waals surface area contributed by atoms with Crippen molar-refractivity contribution in [2.24, 2.45) is 0 Å². The van der Waals surface area contributed by atoms with Crippen molar-refractivity contribution in [3.63, 3.8) is 0 Å². The Labute approximate surface area is 107 Å². The molecule has 0 aliphatic rings. The second-order valence-corrected chi connectivity index (χ2v) is 5.69. The number of benzene rings is 1. The second kappa shape index (κ2) is 5.66. The van der Waals surface area contributed by atoms with Gasteiger partial charge in [0.05, 0.1) is 10.9 Å². The zero-order valence-electron chi connectivity index (χ0n) is 8.63. The van der Waals surface area contributed by atoms with Gasteiger partial charge in [-0.15, -0.1) is 0 Å². The first-order valence-corrected chi connectivity index (χ1v) is 6.41. The standard InChI is InChI=1S/C11H13Br2NO/c1-7(12)11(15)14-8(2)9-3-5-10(13)6-4-9/h3-8H,1-2H3,(H,14,15)/t7?,8-/m1/s1. The molecule has 82 valence electrons. The maximum atomic E-state index is 11.4. The van der Waals surface area contributed by atoms with Crippen LogP contribution in [0.25, 0.3) is 0 Å². The highest BCUT2D eigenvalue weighted by atomic mass is 79.9. The van der Waals surface area contributed by atoms with Crippen LogP contribution in [-0.4, -0.2) is 10.7 Å². The minimum absolute atomic E-state index is 0.00502. The molecule has 1 rings (SSSR count). The van der Waals surface area contributed by atoms with E-state index in [9.17, 15) is 4.79 Å². The fourth-order valence-electron chi connectivity index (χ4n) is 1.16. The first kappa shape index (κ1) is 12.7. The molecule has 0 spiro atoms. The SMILES string of the molecule is CC(Br)C(=O)N[C@H](C)c1ccc(Br)cc1. The topological polar surface area (TPSA) is 29.1 Å². The summed E-state index contributed by atoms with van der Waals surface area (Å²) in [7, 11) is 0. The van der Waals surface area contributed by atoms with Gasteiger partial charge in [0.2, 0.25) is 5.91 Å². The molecule has 2 nitrogen and oxygen atoms in total. The molecule has 0 heterocycles. The molecule has 0 radical (unpaired) electrons. The fourth-order valence-corrected chi connectivity index (χ4v) is 1.56. The average molecular weight is 335 g/mol. The Bertz CT molecular complexity index is 335. The van der Waals surface area contributed by atoms with Crippen LogP contribution >= 0.6 is 31.9 Å². The molecule has 2 atom stereocenters. The van der Waals surface area contributed by atoms with Crippen LogP contribution in [0, 0.1) is 0 Å². The minimum atomic E-state index is -0.157. The van der Waals surface area contributed by atoms with Gasteiger partial charge in [0, 0.05) is 4.47 Å². The van der Waals surface area contributed by atoms with E-state index in [4.69, 9.17) is 0 Å². The van der Waals surface area contributed by atoms with E-state index in [2.05, 4.69) is 37.2 Å². The Balaban J connectivity index is 2.65. The smallest absolute Gasteiger partial charge is 0.233 e. The lowest BCUT2D eigenvalue weighted by molar-refractivity contribution is -0.120. The second-order valence-electron chi connectivity index (χ2n) is 3.40. The van der Waals surface area contributed by atoms with Gasteiger partial charge in [0.1, 0.15) is 0 Å². The number of hydrogen-bond acceptors (Lipinski definition) is 1. The summed E-state index contributed by atoms with van der Waals surface area (Å²) in [5.41, 5.74) is 1.10. The predicted octanol–water partition coefficient (Wildman–Crippen LogP) is 3.41. The van der Waals surface area contributed by atoms with Gasteiger partial charge in [-0.05, 0) is 31.5 Å². The number of carbonyl (C=O) groups excluding carboxylic acids is 1. The zero-order valence-corrected chi connectivity index (χ0v) is 11.8. The summed E-state index contributed by atoms with van der Waals surface area (Å²) in [5, 5.41) is 2.91. The summed E-state index contributed by atoms with van der Waals surface area (Å²) in [6.07, 6.45) is 0. The van der Waals surface area contributed by atoms with Gasteiger partial charge in [0.25, 0.3) is 0 Å². The van der Waals surface area contributed by atoms with Crippen LogP contribution in [0.5, 0.6) is 0 Å². The molecule has 1 aromatic rings. The van der Waals surface area contributed by atoms with E-state index < -0.39 is 0 Å². The average Bonchev–Trinajstić information content (AvgIpc) is 2.18. The summed E-state index contributed by atoms with van der Waals surface area (Å²) >= 11 is 6.61. The van der Waals surface area contributed by atoms with Gasteiger partial charge in [-0.3, -0.25) is 4.79 Å². The predicted molar refractivity (Wildman–Crippen MR) is 69.1 cm³/mol. The van der Waals surface area contributed by atoms with Crippen LogP contribution in [0.2, 0.25) is 0 Å². The van der Waals surface area contributed by atoms with Gasteiger partial charge in [-0.1, -0.05) is 44.0 Å². The maximum absolute atomic E-state index is 11.4. The molecule has 0 fully saturated rings.